The molecule has 0 amide bonds. The molecule has 0 unspecified atom stereocenters. The molecule has 0 aliphatic carbocycles. The third-order valence-electron chi connectivity index (χ3n) is 0.548. The molecule has 0 aliphatic heterocycles. The summed E-state index contributed by atoms with van der Waals surface area (Å²) in [7, 11) is 0. The topological polar surface area (TPSA) is 25.8 Å². The van der Waals surface area contributed by atoms with Gasteiger partial charge in [0.2, 0.25) is 0 Å². The Kier molecular flexibility index (Phi) is 1.69. The number of aromatic nitrogens is 2. The van der Waals surface area contributed by atoms with Crippen LogP contribution in [-0.2, 0) is 0 Å². The van der Waals surface area contributed by atoms with Gasteiger partial charge in [-0.3, -0.25) is 0 Å². The van der Waals surface area contributed by atoms with Crippen LogP contribution in [-0.4, -0.2) is 10.2 Å². The Morgan fingerprint density at radius 1 is 1.43 bits per heavy atom. The van der Waals surface area contributed by atoms with Crippen LogP contribution in [0, 0.1) is 24.7 Å². The van der Waals surface area contributed by atoms with Gasteiger partial charge in [0.05, 0.1) is 0 Å². The Morgan fingerprint density at radius 3 is 2.57 bits per heavy atom. The first-order chi connectivity index (χ1) is 3.39. The van der Waals surface area contributed by atoms with Gasteiger partial charge in [-0.05, 0) is 0 Å². The van der Waals surface area contributed by atoms with Crippen LogP contribution in [0.1, 0.15) is 0 Å². The van der Waals surface area contributed by atoms with E-state index in [2.05, 4.69) is 10.2 Å². The first-order valence-electron chi connectivity index (χ1n) is 1.82. The molecule has 1 rings (SSSR count). The van der Waals surface area contributed by atoms with Crippen molar-refractivity contribution in [1.29, 1.82) is 0 Å². The van der Waals surface area contributed by atoms with Crippen LogP contribution in [0.15, 0.2) is 18.5 Å². The Labute approximate surface area is 56.8 Å². The van der Waals surface area contributed by atoms with Crippen molar-refractivity contribution in [3.63, 3.8) is 0 Å². The van der Waals surface area contributed by atoms with Crippen molar-refractivity contribution in [1.82, 2.24) is 10.2 Å². The third kappa shape index (κ3) is 1.48. The molecule has 0 fully saturated rings. The van der Waals surface area contributed by atoms with E-state index < -0.39 is 0 Å². The molecular weight excluding hydrogens is 286 g/mol. The molecule has 3 heteroatoms. The molecule has 0 N–H and O–H groups in total. The molecular formula is C4H3AtN2. The van der Waals surface area contributed by atoms with Gasteiger partial charge in [0.15, 0.2) is 0 Å². The fraction of sp³-hybridized carbons (Fsp3) is 0. The fourth-order valence-electron chi connectivity index (χ4n) is 0.275. The van der Waals surface area contributed by atoms with Crippen molar-refractivity contribution in [2.45, 2.75) is 0 Å². The van der Waals surface area contributed by atoms with E-state index in [0.717, 1.165) is 0 Å². The van der Waals surface area contributed by atoms with E-state index in [1.54, 1.807) is 37.1 Å². The van der Waals surface area contributed by atoms with Gasteiger partial charge >= 0.3 is 56.6 Å². The van der Waals surface area contributed by atoms with Gasteiger partial charge in [0, 0.05) is 0 Å². The Morgan fingerprint density at radius 2 is 2.29 bits per heavy atom. The predicted octanol–water partition coefficient (Wildman–Crippen LogP) is -0.349. The SMILES string of the molecule is [At]c1ccnnc1. The van der Waals surface area contributed by atoms with E-state index in [-0.39, 0.29) is 0 Å². The third-order valence-corrected chi connectivity index (χ3v) is 1.42. The minimum absolute atomic E-state index is 1.20. The molecule has 0 atom stereocenters. The standard InChI is InChI=1S/C4H3AtN2/c5-4-1-2-6-7-3-4/h1-3H. The van der Waals surface area contributed by atoms with Gasteiger partial charge in [-0.25, -0.2) is 0 Å². The van der Waals surface area contributed by atoms with Gasteiger partial charge in [0.25, 0.3) is 0 Å². The van der Waals surface area contributed by atoms with E-state index >= 15 is 0 Å². The molecule has 0 spiro atoms. The van der Waals surface area contributed by atoms with E-state index in [1.807, 2.05) is 6.07 Å². The molecule has 1 heterocycles. The van der Waals surface area contributed by atoms with Crippen molar-refractivity contribution in [3.05, 3.63) is 18.5 Å². The quantitative estimate of drug-likeness (QED) is 0.652. The van der Waals surface area contributed by atoms with Crippen molar-refractivity contribution < 1.29 is 24.7 Å². The zero-order chi connectivity index (χ0) is 5.11. The summed E-state index contributed by atoms with van der Waals surface area (Å²) in [5.74, 6) is 0. The van der Waals surface area contributed by atoms with Gasteiger partial charge in [-0.1, -0.05) is 0 Å². The number of hydrogen-bond donors (Lipinski definition) is 0. The minimum atomic E-state index is 1.20. The predicted molar refractivity (Wildman–Crippen MR) is 21.7 cm³/mol. The van der Waals surface area contributed by atoms with E-state index in [0.29, 0.717) is 0 Å². The first-order valence-corrected chi connectivity index (χ1v) is 3.29. The normalized spacial score (nSPS) is 8.71. The summed E-state index contributed by atoms with van der Waals surface area (Å²) >= 11 is 1.62. The van der Waals surface area contributed by atoms with E-state index in [9.17, 15) is 0 Å². The summed E-state index contributed by atoms with van der Waals surface area (Å²) < 4.78 is 1.20. The van der Waals surface area contributed by atoms with Crippen LogP contribution >= 0.6 is 0 Å². The molecule has 0 aromatic carbocycles. The fourth-order valence-corrected chi connectivity index (χ4v) is 0.663. The zero-order valence-corrected chi connectivity index (χ0v) is 6.44. The first kappa shape index (κ1) is 5.11. The molecule has 1 aromatic rings. The number of rotatable bonds is 0. The van der Waals surface area contributed by atoms with Crippen LogP contribution in [0.5, 0.6) is 0 Å². The second kappa shape index (κ2) is 2.32. The van der Waals surface area contributed by atoms with E-state index in [1.165, 1.54) is 3.27 Å². The summed E-state index contributed by atoms with van der Waals surface area (Å²) in [6, 6.07) is 1.93. The van der Waals surface area contributed by atoms with Crippen LogP contribution in [0.25, 0.3) is 0 Å². The van der Waals surface area contributed by atoms with Crippen LogP contribution in [0.3, 0.4) is 0 Å². The van der Waals surface area contributed by atoms with Gasteiger partial charge in [-0.2, -0.15) is 0 Å². The summed E-state index contributed by atoms with van der Waals surface area (Å²) in [6.45, 7) is 0. The molecule has 2 nitrogen and oxygen atoms in total. The van der Waals surface area contributed by atoms with E-state index in [4.69, 9.17) is 0 Å². The maximum absolute atomic E-state index is 3.65. The van der Waals surface area contributed by atoms with Gasteiger partial charge < -0.3 is 0 Å². The van der Waals surface area contributed by atoms with Crippen LogP contribution < -0.4 is 3.27 Å². The van der Waals surface area contributed by atoms with Crippen molar-refractivity contribution in [2.75, 3.05) is 0 Å². The summed E-state index contributed by atoms with van der Waals surface area (Å²) in [5, 5.41) is 7.25. The Bertz CT molecular complexity index is 140. The monoisotopic (exact) mass is 289 g/mol. The van der Waals surface area contributed by atoms with Crippen molar-refractivity contribution in [3.8, 4) is 0 Å². The number of nitrogens with zero attached hydrogens (tertiary/aromatic N) is 2. The zero-order valence-electron chi connectivity index (χ0n) is 3.50. The average molecular weight is 289 g/mol. The summed E-state index contributed by atoms with van der Waals surface area (Å²) in [6.07, 6.45) is 3.44. The van der Waals surface area contributed by atoms with Crippen LogP contribution in [0.2, 0.25) is 0 Å². The summed E-state index contributed by atoms with van der Waals surface area (Å²) in [5.41, 5.74) is 0. The number of hydrogen-bond acceptors (Lipinski definition) is 2. The van der Waals surface area contributed by atoms with Crippen molar-refractivity contribution >= 4 is 3.27 Å². The van der Waals surface area contributed by atoms with Gasteiger partial charge in [0.1, 0.15) is 0 Å². The summed E-state index contributed by atoms with van der Waals surface area (Å²) in [4.78, 5) is 0. The molecule has 0 saturated heterocycles. The van der Waals surface area contributed by atoms with Crippen LogP contribution in [0.4, 0.5) is 0 Å². The molecule has 0 aliphatic rings. The molecule has 36 valence electrons. The Balaban J connectivity index is 3.02. The maximum atomic E-state index is 3.65. The second-order valence-electron chi connectivity index (χ2n) is 1.06. The second-order valence-corrected chi connectivity index (χ2v) is 2.76. The molecule has 1 aromatic heterocycles. The molecule has 0 bridgehead atoms. The Hall–Kier alpha value is -0.0369. The van der Waals surface area contributed by atoms with Crippen molar-refractivity contribution in [2.24, 2.45) is 0 Å². The molecule has 0 saturated carbocycles. The molecule has 7 heavy (non-hydrogen) atoms. The van der Waals surface area contributed by atoms with Gasteiger partial charge in [-0.15, -0.1) is 0 Å². The molecule has 0 radical (unpaired) electrons. The average Bonchev–Trinajstić information content (AvgIpc) is 1.69.